The topological polar surface area (TPSA) is 73.8 Å². The minimum Gasteiger partial charge on any atom is -0.345 e. The number of thiazole rings is 1. The van der Waals surface area contributed by atoms with E-state index in [0.29, 0.717) is 38.3 Å². The van der Waals surface area contributed by atoms with Gasteiger partial charge in [-0.25, -0.2) is 17.8 Å². The van der Waals surface area contributed by atoms with Gasteiger partial charge in [0.25, 0.3) is 5.91 Å². The number of fused-ring (bicyclic) bond motifs is 1. The smallest absolute Gasteiger partial charge is 0.253 e. The lowest BCUT2D eigenvalue weighted by atomic mass is 10.1. The second-order valence-electron chi connectivity index (χ2n) is 8.87. The molecule has 5 rings (SSSR count). The van der Waals surface area contributed by atoms with Gasteiger partial charge in [-0.05, 0) is 62.2 Å². The van der Waals surface area contributed by atoms with Crippen LogP contribution in [0.5, 0.6) is 0 Å². The minimum absolute atomic E-state index is 0.00851. The summed E-state index contributed by atoms with van der Waals surface area (Å²) in [6.07, 6.45) is 2.79. The fraction of sp³-hybridized carbons (Fsp3) is 0.417. The average molecular weight is 503 g/mol. The molecule has 0 radical (unpaired) electrons. The second kappa shape index (κ2) is 9.24. The number of carbonyl (C=O) groups is 1. The Morgan fingerprint density at radius 2 is 1.76 bits per heavy atom. The molecule has 1 unspecified atom stereocenters. The van der Waals surface area contributed by atoms with E-state index in [1.807, 2.05) is 6.92 Å². The lowest BCUT2D eigenvalue weighted by Gasteiger charge is -2.34. The van der Waals surface area contributed by atoms with Crippen molar-refractivity contribution >= 4 is 42.6 Å². The highest BCUT2D eigenvalue weighted by Gasteiger charge is 2.31. The zero-order valence-corrected chi connectivity index (χ0v) is 20.6. The summed E-state index contributed by atoms with van der Waals surface area (Å²) >= 11 is 1.45. The summed E-state index contributed by atoms with van der Waals surface area (Å²) in [6.45, 7) is 4.82. The van der Waals surface area contributed by atoms with Crippen molar-refractivity contribution in [1.82, 2.24) is 14.2 Å². The number of piperazine rings is 1. The van der Waals surface area contributed by atoms with Crippen molar-refractivity contribution in [2.45, 2.75) is 37.1 Å². The van der Waals surface area contributed by atoms with E-state index in [1.165, 1.54) is 23.5 Å². The number of nitrogens with zero attached hydrogens (tertiary/aromatic N) is 4. The second-order valence-corrected chi connectivity index (χ2v) is 11.8. The van der Waals surface area contributed by atoms with E-state index >= 15 is 0 Å². The SMILES string of the molecule is CC1CCCCN1S(=O)(=O)c1ccc(C(=O)N2CCN(c3nc4ccc(F)cc4s3)CC2)cc1. The highest BCUT2D eigenvalue weighted by atomic mass is 32.2. The molecule has 1 atom stereocenters. The summed E-state index contributed by atoms with van der Waals surface area (Å²) in [4.78, 5) is 21.7. The van der Waals surface area contributed by atoms with Crippen molar-refractivity contribution in [2.75, 3.05) is 37.6 Å². The van der Waals surface area contributed by atoms with Crippen LogP contribution in [-0.4, -0.2) is 67.3 Å². The summed E-state index contributed by atoms with van der Waals surface area (Å²) in [7, 11) is -3.56. The number of benzene rings is 2. The van der Waals surface area contributed by atoms with Crippen LogP contribution in [0.3, 0.4) is 0 Å². The van der Waals surface area contributed by atoms with Crippen molar-refractivity contribution < 1.29 is 17.6 Å². The van der Waals surface area contributed by atoms with Crippen LogP contribution in [0.2, 0.25) is 0 Å². The molecule has 0 bridgehead atoms. The summed E-state index contributed by atoms with van der Waals surface area (Å²) in [5, 5.41) is 0.828. The van der Waals surface area contributed by atoms with Gasteiger partial charge in [0.2, 0.25) is 10.0 Å². The Balaban J connectivity index is 1.24. The fourth-order valence-electron chi connectivity index (χ4n) is 4.64. The quantitative estimate of drug-likeness (QED) is 0.540. The standard InChI is InChI=1S/C24H27FN4O3S2/c1-17-4-2-3-11-29(17)34(31,32)20-8-5-18(6-9-20)23(30)27-12-14-28(15-13-27)24-26-21-10-7-19(25)16-22(21)33-24/h5-10,16-17H,2-4,11-15H2,1H3. The highest BCUT2D eigenvalue weighted by Crippen LogP contribution is 2.30. The van der Waals surface area contributed by atoms with E-state index in [4.69, 9.17) is 0 Å². The van der Waals surface area contributed by atoms with Gasteiger partial charge >= 0.3 is 0 Å². The summed E-state index contributed by atoms with van der Waals surface area (Å²) in [6, 6.07) is 10.9. The van der Waals surface area contributed by atoms with E-state index < -0.39 is 10.0 Å². The number of halogens is 1. The first-order chi connectivity index (χ1) is 16.3. The Morgan fingerprint density at radius 3 is 2.47 bits per heavy atom. The van der Waals surface area contributed by atoms with E-state index in [0.717, 1.165) is 34.6 Å². The molecule has 180 valence electrons. The van der Waals surface area contributed by atoms with Crippen molar-refractivity contribution in [3.8, 4) is 0 Å². The number of hydrogen-bond acceptors (Lipinski definition) is 6. The maximum absolute atomic E-state index is 13.5. The molecule has 0 aliphatic carbocycles. The predicted molar refractivity (Wildman–Crippen MR) is 131 cm³/mol. The number of anilines is 1. The van der Waals surface area contributed by atoms with Crippen molar-refractivity contribution in [1.29, 1.82) is 0 Å². The van der Waals surface area contributed by atoms with E-state index in [2.05, 4.69) is 9.88 Å². The number of aromatic nitrogens is 1. The highest BCUT2D eigenvalue weighted by molar-refractivity contribution is 7.89. The van der Waals surface area contributed by atoms with Crippen molar-refractivity contribution in [2.24, 2.45) is 0 Å². The first-order valence-electron chi connectivity index (χ1n) is 11.6. The molecular weight excluding hydrogens is 475 g/mol. The number of rotatable bonds is 4. The van der Waals surface area contributed by atoms with Gasteiger partial charge in [-0.3, -0.25) is 4.79 Å². The maximum atomic E-state index is 13.5. The molecule has 2 aliphatic heterocycles. The third-order valence-electron chi connectivity index (χ3n) is 6.63. The largest absolute Gasteiger partial charge is 0.345 e. The third-order valence-corrected chi connectivity index (χ3v) is 9.73. The van der Waals surface area contributed by atoms with Gasteiger partial charge in [-0.15, -0.1) is 0 Å². The number of amides is 1. The van der Waals surface area contributed by atoms with E-state index in [9.17, 15) is 17.6 Å². The number of sulfonamides is 1. The van der Waals surface area contributed by atoms with Crippen LogP contribution >= 0.6 is 11.3 Å². The molecule has 3 heterocycles. The molecule has 3 aromatic rings. The van der Waals surface area contributed by atoms with Crippen LogP contribution in [0.1, 0.15) is 36.5 Å². The Hall–Kier alpha value is -2.56. The molecule has 2 fully saturated rings. The summed E-state index contributed by atoms with van der Waals surface area (Å²) in [5.41, 5.74) is 1.25. The van der Waals surface area contributed by atoms with Gasteiger partial charge in [0.05, 0.1) is 15.1 Å². The van der Waals surface area contributed by atoms with Gasteiger partial charge in [0.1, 0.15) is 5.82 Å². The predicted octanol–water partition coefficient (Wildman–Crippen LogP) is 3.96. The molecule has 2 aromatic carbocycles. The Labute approximate surface area is 202 Å². The van der Waals surface area contributed by atoms with Crippen molar-refractivity contribution in [3.63, 3.8) is 0 Å². The van der Waals surface area contributed by atoms with Crippen LogP contribution in [0.25, 0.3) is 10.2 Å². The lowest BCUT2D eigenvalue weighted by molar-refractivity contribution is 0.0746. The average Bonchev–Trinajstić information content (AvgIpc) is 3.27. The molecule has 0 saturated carbocycles. The van der Waals surface area contributed by atoms with Crippen LogP contribution in [-0.2, 0) is 10.0 Å². The van der Waals surface area contributed by atoms with Crippen LogP contribution in [0.15, 0.2) is 47.4 Å². The number of piperidine rings is 1. The Bertz CT molecular complexity index is 1300. The summed E-state index contributed by atoms with van der Waals surface area (Å²) in [5.74, 6) is -0.385. The van der Waals surface area contributed by atoms with Crippen molar-refractivity contribution in [3.05, 3.63) is 53.8 Å². The lowest BCUT2D eigenvalue weighted by Crippen LogP contribution is -2.48. The molecule has 0 N–H and O–H groups in total. The Morgan fingerprint density at radius 1 is 1.03 bits per heavy atom. The molecular formula is C24H27FN4O3S2. The fourth-order valence-corrected chi connectivity index (χ4v) is 7.38. The van der Waals surface area contributed by atoms with E-state index in [-0.39, 0.29) is 22.7 Å². The zero-order chi connectivity index (χ0) is 23.9. The number of carbonyl (C=O) groups excluding carboxylic acids is 1. The summed E-state index contributed by atoms with van der Waals surface area (Å²) < 4.78 is 41.9. The van der Waals surface area contributed by atoms with Gasteiger partial charge in [0.15, 0.2) is 5.13 Å². The normalized spacial score (nSPS) is 20.1. The molecule has 2 saturated heterocycles. The van der Waals surface area contributed by atoms with Crippen LogP contribution in [0, 0.1) is 5.82 Å². The monoisotopic (exact) mass is 502 g/mol. The molecule has 34 heavy (non-hydrogen) atoms. The first-order valence-corrected chi connectivity index (χ1v) is 13.8. The van der Waals surface area contributed by atoms with Gasteiger partial charge < -0.3 is 9.80 Å². The van der Waals surface area contributed by atoms with Crippen LogP contribution in [0.4, 0.5) is 9.52 Å². The Kier molecular flexibility index (Phi) is 6.30. The molecule has 2 aliphatic rings. The van der Waals surface area contributed by atoms with Gasteiger partial charge in [-0.1, -0.05) is 17.8 Å². The molecule has 7 nitrogen and oxygen atoms in total. The maximum Gasteiger partial charge on any atom is 0.253 e. The van der Waals surface area contributed by atoms with Gasteiger partial charge in [0, 0.05) is 44.3 Å². The first kappa shape index (κ1) is 23.2. The molecule has 1 aromatic heterocycles. The minimum atomic E-state index is -3.56. The third kappa shape index (κ3) is 4.42. The van der Waals surface area contributed by atoms with Crippen LogP contribution < -0.4 is 4.90 Å². The molecule has 1 amide bonds. The van der Waals surface area contributed by atoms with Gasteiger partial charge in [-0.2, -0.15) is 4.31 Å². The zero-order valence-electron chi connectivity index (χ0n) is 19.0. The van der Waals surface area contributed by atoms with E-state index in [1.54, 1.807) is 39.5 Å². The number of hydrogen-bond donors (Lipinski definition) is 0. The molecule has 0 spiro atoms. The molecule has 10 heteroatoms.